The Morgan fingerprint density at radius 3 is 2.31 bits per heavy atom. The first-order valence-electron chi connectivity index (χ1n) is 16.3. The van der Waals surface area contributed by atoms with Crippen LogP contribution in [-0.4, -0.2) is 34.7 Å². The first kappa shape index (κ1) is 31.2. The summed E-state index contributed by atoms with van der Waals surface area (Å²) in [5, 5.41) is 26.1. The van der Waals surface area contributed by atoms with Gasteiger partial charge >= 0.3 is 0 Å². The van der Waals surface area contributed by atoms with Crippen LogP contribution in [0.4, 0.5) is 0 Å². The molecule has 6 heteroatoms. The van der Waals surface area contributed by atoms with Gasteiger partial charge in [-0.05, 0) is 79.3 Å². The van der Waals surface area contributed by atoms with E-state index < -0.39 is 32.7 Å². The Hall–Kier alpha value is -2.26. The highest BCUT2D eigenvalue weighted by molar-refractivity contribution is 6.05. The summed E-state index contributed by atoms with van der Waals surface area (Å²) in [6.45, 7) is 19.4. The van der Waals surface area contributed by atoms with E-state index in [0.29, 0.717) is 25.3 Å². The molecular formula is C36H52N2O4. The zero-order valence-electron chi connectivity index (χ0n) is 27.4. The average molecular weight is 577 g/mol. The highest BCUT2D eigenvalue weighted by Gasteiger charge is 2.75. The molecule has 2 N–H and O–H groups in total. The third-order valence-corrected chi connectivity index (χ3v) is 14.1. The normalized spacial score (nSPS) is 46.5. The summed E-state index contributed by atoms with van der Waals surface area (Å²) < 4.78 is 0. The molecule has 230 valence electrons. The van der Waals surface area contributed by atoms with E-state index in [1.54, 1.807) is 6.08 Å². The summed E-state index contributed by atoms with van der Waals surface area (Å²) in [7, 11) is 0. The van der Waals surface area contributed by atoms with Crippen molar-refractivity contribution in [2.45, 2.75) is 119 Å². The number of allylic oxidation sites excluding steroid dienone is 3. The molecule has 5 aliphatic rings. The maximum atomic E-state index is 14.6. The number of aliphatic hydroxyl groups is 1. The number of nitriles is 1. The lowest BCUT2D eigenvalue weighted by atomic mass is 9.33. The van der Waals surface area contributed by atoms with E-state index in [1.165, 1.54) is 0 Å². The van der Waals surface area contributed by atoms with Crippen LogP contribution in [0.3, 0.4) is 0 Å². The molecule has 1 amide bonds. The molecule has 9 unspecified atom stereocenters. The van der Waals surface area contributed by atoms with E-state index in [9.17, 15) is 24.8 Å². The number of hydrogen-bond acceptors (Lipinski definition) is 5. The molecule has 0 spiro atoms. The molecule has 3 fully saturated rings. The Labute approximate surface area is 252 Å². The van der Waals surface area contributed by atoms with Gasteiger partial charge in [-0.1, -0.05) is 74.8 Å². The van der Waals surface area contributed by atoms with Crippen LogP contribution in [0.15, 0.2) is 23.3 Å². The second-order valence-electron chi connectivity index (χ2n) is 16.6. The fourth-order valence-electron chi connectivity index (χ4n) is 10.6. The molecule has 5 aliphatic carbocycles. The summed E-state index contributed by atoms with van der Waals surface area (Å²) in [5.41, 5.74) is -4.01. The van der Waals surface area contributed by atoms with Gasteiger partial charge in [0.1, 0.15) is 11.7 Å². The molecular weight excluding hydrogens is 524 g/mol. The minimum Gasteiger partial charge on any atom is -0.381 e. The van der Waals surface area contributed by atoms with Gasteiger partial charge in [-0.15, -0.1) is 0 Å². The van der Waals surface area contributed by atoms with E-state index >= 15 is 0 Å². The van der Waals surface area contributed by atoms with Crippen LogP contribution in [0, 0.1) is 61.6 Å². The molecule has 0 aromatic carbocycles. The Bertz CT molecular complexity index is 1340. The first-order chi connectivity index (χ1) is 19.3. The van der Waals surface area contributed by atoms with Crippen LogP contribution in [0.2, 0.25) is 0 Å². The molecule has 0 saturated heterocycles. The summed E-state index contributed by atoms with van der Waals surface area (Å²) in [4.78, 5) is 41.5. The molecule has 0 heterocycles. The van der Waals surface area contributed by atoms with Gasteiger partial charge in [0, 0.05) is 34.1 Å². The van der Waals surface area contributed by atoms with Crippen molar-refractivity contribution in [1.29, 1.82) is 5.26 Å². The topological polar surface area (TPSA) is 107 Å². The zero-order chi connectivity index (χ0) is 31.3. The van der Waals surface area contributed by atoms with Gasteiger partial charge in [0.2, 0.25) is 5.91 Å². The van der Waals surface area contributed by atoms with Crippen LogP contribution in [-0.2, 0) is 14.4 Å². The van der Waals surface area contributed by atoms with E-state index in [-0.39, 0.29) is 40.3 Å². The van der Waals surface area contributed by atoms with E-state index in [1.807, 2.05) is 26.8 Å². The lowest BCUT2D eigenvalue weighted by molar-refractivity contribution is -0.242. The quantitative estimate of drug-likeness (QED) is 0.398. The summed E-state index contributed by atoms with van der Waals surface area (Å²) in [5.74, 6) is -0.354. The molecule has 0 aromatic heterocycles. The maximum absolute atomic E-state index is 14.6. The van der Waals surface area contributed by atoms with Crippen LogP contribution in [0.1, 0.15) is 114 Å². The highest BCUT2D eigenvalue weighted by Crippen LogP contribution is 2.75. The van der Waals surface area contributed by atoms with Crippen LogP contribution >= 0.6 is 0 Å². The molecule has 9 atom stereocenters. The van der Waals surface area contributed by atoms with Gasteiger partial charge in [0.05, 0.1) is 5.57 Å². The van der Waals surface area contributed by atoms with Crippen molar-refractivity contribution in [3.05, 3.63) is 23.3 Å². The molecule has 0 radical (unpaired) electrons. The second-order valence-corrected chi connectivity index (χ2v) is 16.6. The molecule has 42 heavy (non-hydrogen) atoms. The van der Waals surface area contributed by atoms with Crippen molar-refractivity contribution in [3.63, 3.8) is 0 Å². The fraction of sp³-hybridized carbons (Fsp3) is 0.778. The second kappa shape index (κ2) is 9.37. The fourth-order valence-corrected chi connectivity index (χ4v) is 10.6. The number of nitrogens with one attached hydrogen (secondary N) is 1. The lowest BCUT2D eigenvalue weighted by Gasteiger charge is -2.71. The zero-order valence-corrected chi connectivity index (χ0v) is 27.4. The van der Waals surface area contributed by atoms with Crippen molar-refractivity contribution < 1.29 is 19.5 Å². The van der Waals surface area contributed by atoms with Gasteiger partial charge in [0.15, 0.2) is 11.6 Å². The van der Waals surface area contributed by atoms with E-state index in [2.05, 4.69) is 52.9 Å². The van der Waals surface area contributed by atoms with Crippen LogP contribution < -0.4 is 5.32 Å². The number of amides is 1. The number of Topliss-reactive ketones (excluding diaryl/α,β-unsaturated/α-hetero) is 1. The number of nitrogens with zero attached hydrogens (tertiary/aromatic N) is 1. The molecule has 6 nitrogen and oxygen atoms in total. The number of carbonyl (C=O) groups excluding carboxylic acids is 3. The largest absolute Gasteiger partial charge is 0.381 e. The van der Waals surface area contributed by atoms with Crippen molar-refractivity contribution in [3.8, 4) is 6.07 Å². The Balaban J connectivity index is 1.62. The Morgan fingerprint density at radius 1 is 1.05 bits per heavy atom. The molecule has 0 aliphatic heterocycles. The van der Waals surface area contributed by atoms with E-state index in [0.717, 1.165) is 44.1 Å². The minimum absolute atomic E-state index is 0.0303. The van der Waals surface area contributed by atoms with Crippen molar-refractivity contribution in [1.82, 2.24) is 5.32 Å². The van der Waals surface area contributed by atoms with Crippen molar-refractivity contribution in [2.75, 3.05) is 6.54 Å². The smallest absolute Gasteiger partial charge is 0.225 e. The number of fused-ring (bicyclic) bond motifs is 7. The van der Waals surface area contributed by atoms with Gasteiger partial charge in [-0.3, -0.25) is 14.4 Å². The number of rotatable bonds is 4. The molecule has 3 saturated carbocycles. The first-order valence-corrected chi connectivity index (χ1v) is 16.3. The number of ketones is 2. The molecule has 0 aromatic rings. The SMILES string of the molecule is CCC(C)CNC(=O)C1(C)CCC2(C)CCC3(C)C4(C)CCC5C(C)(C)C(=O)C(C#N)=CC5(C)C4=CC(=O)C3(O)C2C1. The van der Waals surface area contributed by atoms with Crippen LogP contribution in [0.5, 0.6) is 0 Å². The summed E-state index contributed by atoms with van der Waals surface area (Å²) >= 11 is 0. The predicted octanol–water partition coefficient (Wildman–Crippen LogP) is 6.48. The highest BCUT2D eigenvalue weighted by atomic mass is 16.3. The number of hydrogen-bond donors (Lipinski definition) is 2. The van der Waals surface area contributed by atoms with Gasteiger partial charge in [0.25, 0.3) is 0 Å². The predicted molar refractivity (Wildman–Crippen MR) is 163 cm³/mol. The summed E-state index contributed by atoms with van der Waals surface area (Å²) in [6.07, 6.45) is 9.70. The number of carbonyl (C=O) groups is 3. The Morgan fingerprint density at radius 2 is 1.69 bits per heavy atom. The van der Waals surface area contributed by atoms with Gasteiger partial charge < -0.3 is 10.4 Å². The van der Waals surface area contributed by atoms with Crippen LogP contribution in [0.25, 0.3) is 0 Å². The minimum atomic E-state index is -1.61. The van der Waals surface area contributed by atoms with E-state index in [4.69, 9.17) is 0 Å². The average Bonchev–Trinajstić information content (AvgIpc) is 2.93. The molecule has 5 rings (SSSR count). The third-order valence-electron chi connectivity index (χ3n) is 14.1. The molecule has 0 bridgehead atoms. The monoisotopic (exact) mass is 576 g/mol. The van der Waals surface area contributed by atoms with Gasteiger partial charge in [-0.2, -0.15) is 5.26 Å². The summed E-state index contributed by atoms with van der Waals surface area (Å²) in [6, 6.07) is 2.15. The Kier molecular flexibility index (Phi) is 6.95. The van der Waals surface area contributed by atoms with Crippen molar-refractivity contribution in [2.24, 2.45) is 50.2 Å². The standard InChI is InChI=1S/C36H52N2O4/c1-10-22(2)21-38-29(41)32(6)14-13-31(5)15-16-35(9)34(8)12-11-24-30(3,4)28(40)23(20-37)18-33(24,7)25(34)17-27(39)36(35,42)26(31)19-32/h17-18,22,24,26,42H,10-16,19,21H2,1-9H3,(H,38,41). The van der Waals surface area contributed by atoms with Gasteiger partial charge in [-0.25, -0.2) is 0 Å². The van der Waals surface area contributed by atoms with Crippen molar-refractivity contribution >= 4 is 17.5 Å². The lowest BCUT2D eigenvalue weighted by Crippen LogP contribution is -2.74. The maximum Gasteiger partial charge on any atom is 0.225 e. The third kappa shape index (κ3) is 3.74.